The second-order valence-electron chi connectivity index (χ2n) is 2.62. The van der Waals surface area contributed by atoms with Gasteiger partial charge in [0, 0.05) is 6.07 Å². The number of Topliss-reactive ketones (excluding diaryl/α,β-unsaturated/α-hetero) is 1. The lowest BCUT2D eigenvalue weighted by molar-refractivity contribution is -0.116. The fourth-order valence-corrected chi connectivity index (χ4v) is 1.01. The van der Waals surface area contributed by atoms with Crippen molar-refractivity contribution in [2.24, 2.45) is 0 Å². The van der Waals surface area contributed by atoms with Crippen LogP contribution in [0.5, 0.6) is 5.75 Å². The van der Waals surface area contributed by atoms with Gasteiger partial charge in [0.2, 0.25) is 11.2 Å². The highest BCUT2D eigenvalue weighted by atomic mass is 16.5. The van der Waals surface area contributed by atoms with Crippen molar-refractivity contribution in [2.75, 3.05) is 7.11 Å². The van der Waals surface area contributed by atoms with Crippen molar-refractivity contribution in [3.63, 3.8) is 0 Å². The Morgan fingerprint density at radius 1 is 1.62 bits per heavy atom. The summed E-state index contributed by atoms with van der Waals surface area (Å²) in [6.45, 7) is 1.42. The van der Waals surface area contributed by atoms with Gasteiger partial charge in [-0.3, -0.25) is 9.59 Å². The Morgan fingerprint density at radius 2 is 2.31 bits per heavy atom. The molecule has 1 aromatic rings. The molecule has 0 aliphatic heterocycles. The minimum atomic E-state index is -0.273. The number of ketones is 1. The Hall–Kier alpha value is -1.58. The zero-order chi connectivity index (χ0) is 9.84. The van der Waals surface area contributed by atoms with Crippen molar-refractivity contribution in [3.05, 3.63) is 28.3 Å². The minimum Gasteiger partial charge on any atom is -0.490 e. The highest BCUT2D eigenvalue weighted by molar-refractivity contribution is 5.78. The maximum Gasteiger partial charge on any atom is 0.227 e. The first-order valence-electron chi connectivity index (χ1n) is 3.79. The molecular weight excluding hydrogens is 172 g/mol. The number of carbonyl (C=O) groups is 1. The summed E-state index contributed by atoms with van der Waals surface area (Å²) in [4.78, 5) is 21.9. The Labute approximate surface area is 75.1 Å². The molecule has 0 spiro atoms. The van der Waals surface area contributed by atoms with Crippen LogP contribution in [0.3, 0.4) is 0 Å². The van der Waals surface area contributed by atoms with Gasteiger partial charge in [0.25, 0.3) is 0 Å². The van der Waals surface area contributed by atoms with Gasteiger partial charge in [-0.15, -0.1) is 0 Å². The van der Waals surface area contributed by atoms with E-state index in [1.807, 2.05) is 0 Å². The molecule has 1 rings (SSSR count). The summed E-state index contributed by atoms with van der Waals surface area (Å²) in [6.07, 6.45) is 1.34. The fourth-order valence-electron chi connectivity index (χ4n) is 1.01. The zero-order valence-electron chi connectivity index (χ0n) is 7.49. The molecule has 1 heterocycles. The Morgan fingerprint density at radius 3 is 2.85 bits per heavy atom. The molecule has 1 aromatic heterocycles. The van der Waals surface area contributed by atoms with Crippen molar-refractivity contribution in [1.82, 2.24) is 0 Å². The lowest BCUT2D eigenvalue weighted by Crippen LogP contribution is -2.08. The third kappa shape index (κ3) is 2.18. The molecule has 0 N–H and O–H groups in total. The summed E-state index contributed by atoms with van der Waals surface area (Å²) in [5, 5.41) is 0. The van der Waals surface area contributed by atoms with E-state index in [2.05, 4.69) is 0 Å². The molecule has 0 fully saturated rings. The lowest BCUT2D eigenvalue weighted by Gasteiger charge is -2.02. The Balaban J connectivity index is 3.12. The topological polar surface area (TPSA) is 56.5 Å². The van der Waals surface area contributed by atoms with Gasteiger partial charge in [-0.1, -0.05) is 0 Å². The van der Waals surface area contributed by atoms with Crippen LogP contribution in [0, 0.1) is 0 Å². The first-order chi connectivity index (χ1) is 6.15. The first kappa shape index (κ1) is 9.51. The van der Waals surface area contributed by atoms with Crippen molar-refractivity contribution in [1.29, 1.82) is 0 Å². The third-order valence-corrected chi connectivity index (χ3v) is 1.52. The highest BCUT2D eigenvalue weighted by Crippen LogP contribution is 2.12. The quantitative estimate of drug-likeness (QED) is 0.693. The lowest BCUT2D eigenvalue weighted by atomic mass is 10.2. The molecule has 0 amide bonds. The Bertz CT molecular complexity index is 364. The summed E-state index contributed by atoms with van der Waals surface area (Å²) in [6, 6.07) is 1.25. The van der Waals surface area contributed by atoms with Gasteiger partial charge in [-0.25, -0.2) is 0 Å². The maximum atomic E-state index is 11.2. The van der Waals surface area contributed by atoms with Crippen LogP contribution in [-0.2, 0) is 11.2 Å². The SMILES string of the molecule is COc1c(CC(C)=O)occc1=O. The van der Waals surface area contributed by atoms with E-state index in [1.54, 1.807) is 0 Å². The molecule has 0 unspecified atom stereocenters. The average molecular weight is 182 g/mol. The number of hydrogen-bond acceptors (Lipinski definition) is 4. The van der Waals surface area contributed by atoms with Crippen LogP contribution in [0.1, 0.15) is 12.7 Å². The smallest absolute Gasteiger partial charge is 0.227 e. The van der Waals surface area contributed by atoms with E-state index in [4.69, 9.17) is 9.15 Å². The molecular formula is C9H10O4. The van der Waals surface area contributed by atoms with Gasteiger partial charge in [-0.2, -0.15) is 0 Å². The van der Waals surface area contributed by atoms with Crippen molar-refractivity contribution in [3.8, 4) is 5.75 Å². The number of hydrogen-bond donors (Lipinski definition) is 0. The molecule has 0 bridgehead atoms. The molecule has 0 radical (unpaired) electrons. The summed E-state index contributed by atoms with van der Waals surface area (Å²) in [5.74, 6) is 0.313. The van der Waals surface area contributed by atoms with Gasteiger partial charge < -0.3 is 9.15 Å². The predicted octanol–water partition coefficient (Wildman–Crippen LogP) is 0.780. The summed E-state index contributed by atoms with van der Waals surface area (Å²) < 4.78 is 9.81. The standard InChI is InChI=1S/C9H10O4/c1-6(10)5-8-9(12-2)7(11)3-4-13-8/h3-4H,5H2,1-2H3. The van der Waals surface area contributed by atoms with Gasteiger partial charge in [0.05, 0.1) is 19.8 Å². The van der Waals surface area contributed by atoms with Crippen molar-refractivity contribution < 1.29 is 13.9 Å². The molecule has 70 valence electrons. The van der Waals surface area contributed by atoms with E-state index in [1.165, 1.54) is 26.4 Å². The van der Waals surface area contributed by atoms with Crippen LogP contribution < -0.4 is 10.2 Å². The second kappa shape index (κ2) is 3.89. The van der Waals surface area contributed by atoms with Crippen LogP contribution in [0.15, 0.2) is 21.5 Å². The molecule has 4 nitrogen and oxygen atoms in total. The summed E-state index contributed by atoms with van der Waals surface area (Å²) in [7, 11) is 1.37. The van der Waals surface area contributed by atoms with Crippen LogP contribution in [0.2, 0.25) is 0 Å². The molecule has 0 saturated carbocycles. The number of methoxy groups -OCH3 is 1. The average Bonchev–Trinajstić information content (AvgIpc) is 2.03. The molecule has 0 atom stereocenters. The fraction of sp³-hybridized carbons (Fsp3) is 0.333. The van der Waals surface area contributed by atoms with E-state index in [0.29, 0.717) is 0 Å². The zero-order valence-corrected chi connectivity index (χ0v) is 7.49. The molecule has 0 aliphatic carbocycles. The number of carbonyl (C=O) groups excluding carboxylic acids is 1. The van der Waals surface area contributed by atoms with Gasteiger partial charge >= 0.3 is 0 Å². The van der Waals surface area contributed by atoms with Gasteiger partial charge in [0.15, 0.2) is 5.76 Å². The first-order valence-corrected chi connectivity index (χ1v) is 3.79. The van der Waals surface area contributed by atoms with E-state index >= 15 is 0 Å². The molecule has 0 saturated heterocycles. The molecule has 0 aliphatic rings. The number of rotatable bonds is 3. The van der Waals surface area contributed by atoms with Crippen molar-refractivity contribution in [2.45, 2.75) is 13.3 Å². The van der Waals surface area contributed by atoms with E-state index in [-0.39, 0.29) is 29.1 Å². The summed E-state index contributed by atoms with van der Waals surface area (Å²) >= 11 is 0. The van der Waals surface area contributed by atoms with Crippen LogP contribution in [0.4, 0.5) is 0 Å². The maximum absolute atomic E-state index is 11.2. The second-order valence-corrected chi connectivity index (χ2v) is 2.62. The van der Waals surface area contributed by atoms with Gasteiger partial charge in [-0.05, 0) is 6.92 Å². The van der Waals surface area contributed by atoms with Crippen molar-refractivity contribution >= 4 is 5.78 Å². The normalized spacial score (nSPS) is 9.69. The third-order valence-electron chi connectivity index (χ3n) is 1.52. The van der Waals surface area contributed by atoms with Gasteiger partial charge in [0.1, 0.15) is 5.78 Å². The summed E-state index contributed by atoms with van der Waals surface area (Å²) in [5.41, 5.74) is -0.273. The predicted molar refractivity (Wildman–Crippen MR) is 45.9 cm³/mol. The van der Waals surface area contributed by atoms with Crippen LogP contribution in [0.25, 0.3) is 0 Å². The van der Waals surface area contributed by atoms with Crippen LogP contribution in [-0.4, -0.2) is 12.9 Å². The van der Waals surface area contributed by atoms with E-state index < -0.39 is 0 Å². The van der Waals surface area contributed by atoms with E-state index in [0.717, 1.165) is 0 Å². The number of ether oxygens (including phenoxy) is 1. The molecule has 0 aromatic carbocycles. The largest absolute Gasteiger partial charge is 0.490 e. The molecule has 13 heavy (non-hydrogen) atoms. The minimum absolute atomic E-state index is 0.0762. The monoisotopic (exact) mass is 182 g/mol. The van der Waals surface area contributed by atoms with E-state index in [9.17, 15) is 9.59 Å². The molecule has 4 heteroatoms. The highest BCUT2D eigenvalue weighted by Gasteiger charge is 2.10. The van der Waals surface area contributed by atoms with Crippen LogP contribution >= 0.6 is 0 Å². The Kier molecular flexibility index (Phi) is 2.84.